The molecule has 0 radical (unpaired) electrons. The Morgan fingerprint density at radius 2 is 2.32 bits per heavy atom. The van der Waals surface area contributed by atoms with E-state index in [2.05, 4.69) is 4.98 Å². The van der Waals surface area contributed by atoms with Gasteiger partial charge in [-0.2, -0.15) is 0 Å². The molecule has 1 atom stereocenters. The van der Waals surface area contributed by atoms with Crippen molar-refractivity contribution >= 4 is 0 Å². The lowest BCUT2D eigenvalue weighted by molar-refractivity contribution is 0.265. The third-order valence-electron chi connectivity index (χ3n) is 2.74. The molecule has 1 unspecified atom stereocenters. The monoisotopic (exact) mass is 265 g/mol. The van der Waals surface area contributed by atoms with Crippen molar-refractivity contribution in [1.29, 1.82) is 0 Å². The van der Waals surface area contributed by atoms with Gasteiger partial charge in [0.25, 0.3) is 0 Å². The van der Waals surface area contributed by atoms with Crippen molar-refractivity contribution in [2.45, 2.75) is 13.0 Å². The summed E-state index contributed by atoms with van der Waals surface area (Å²) in [6.07, 6.45) is 3.08. The quantitative estimate of drug-likeness (QED) is 0.857. The van der Waals surface area contributed by atoms with Gasteiger partial charge in [-0.05, 0) is 19.1 Å². The van der Waals surface area contributed by atoms with E-state index in [-0.39, 0.29) is 12.4 Å². The second-order valence-corrected chi connectivity index (χ2v) is 4.03. The van der Waals surface area contributed by atoms with E-state index in [0.717, 1.165) is 0 Å². The first-order chi connectivity index (χ1) is 9.17. The molecule has 2 rings (SSSR count). The number of aliphatic hydroxyl groups excluding tert-OH is 1. The third kappa shape index (κ3) is 2.74. The third-order valence-corrected chi connectivity index (χ3v) is 2.74. The molecule has 0 fully saturated rings. The molecule has 2 aromatic rings. The van der Waals surface area contributed by atoms with Crippen molar-refractivity contribution in [2.24, 2.45) is 5.73 Å². The SMILES string of the molecule is CCOc1ccc(-n2cncc2C(N)CO)cc1F. The van der Waals surface area contributed by atoms with Crippen LogP contribution in [0.3, 0.4) is 0 Å². The first-order valence-corrected chi connectivity index (χ1v) is 5.98. The zero-order valence-corrected chi connectivity index (χ0v) is 10.6. The number of hydrogen-bond donors (Lipinski definition) is 2. The normalized spacial score (nSPS) is 12.4. The maximum atomic E-state index is 13.8. The van der Waals surface area contributed by atoms with Crippen LogP contribution >= 0.6 is 0 Å². The molecule has 3 N–H and O–H groups in total. The molecule has 0 bridgehead atoms. The Balaban J connectivity index is 2.37. The van der Waals surface area contributed by atoms with Crippen LogP contribution in [-0.4, -0.2) is 27.9 Å². The van der Waals surface area contributed by atoms with E-state index in [1.165, 1.54) is 12.4 Å². The smallest absolute Gasteiger partial charge is 0.167 e. The molecular weight excluding hydrogens is 249 g/mol. The van der Waals surface area contributed by atoms with Crippen molar-refractivity contribution in [2.75, 3.05) is 13.2 Å². The van der Waals surface area contributed by atoms with E-state index >= 15 is 0 Å². The number of hydrogen-bond acceptors (Lipinski definition) is 4. The highest BCUT2D eigenvalue weighted by atomic mass is 19.1. The molecular formula is C13H16FN3O2. The molecule has 6 heteroatoms. The molecule has 0 aliphatic heterocycles. The first kappa shape index (κ1) is 13.5. The lowest BCUT2D eigenvalue weighted by Crippen LogP contribution is -2.18. The molecule has 0 amide bonds. The van der Waals surface area contributed by atoms with E-state index in [9.17, 15) is 4.39 Å². The summed E-state index contributed by atoms with van der Waals surface area (Å²) < 4.78 is 20.6. The molecule has 1 aromatic carbocycles. The molecule has 0 aliphatic carbocycles. The molecule has 1 aromatic heterocycles. The number of halogens is 1. The number of nitrogens with two attached hydrogens (primary N) is 1. The van der Waals surface area contributed by atoms with Crippen LogP contribution in [0.2, 0.25) is 0 Å². The average Bonchev–Trinajstić information content (AvgIpc) is 2.89. The van der Waals surface area contributed by atoms with Crippen LogP contribution in [-0.2, 0) is 0 Å². The van der Waals surface area contributed by atoms with Crippen LogP contribution in [0.15, 0.2) is 30.7 Å². The summed E-state index contributed by atoms with van der Waals surface area (Å²) in [5, 5.41) is 9.09. The van der Waals surface area contributed by atoms with Crippen LogP contribution < -0.4 is 10.5 Å². The number of rotatable bonds is 5. The fourth-order valence-electron chi connectivity index (χ4n) is 1.80. The van der Waals surface area contributed by atoms with Gasteiger partial charge in [0.2, 0.25) is 0 Å². The predicted octanol–water partition coefficient (Wildman–Crippen LogP) is 1.40. The van der Waals surface area contributed by atoms with Crippen LogP contribution in [0.5, 0.6) is 5.75 Å². The second kappa shape index (κ2) is 5.81. The Bertz CT molecular complexity index is 557. The van der Waals surface area contributed by atoms with Crippen molar-refractivity contribution in [3.8, 4) is 11.4 Å². The molecule has 0 spiro atoms. The lowest BCUT2D eigenvalue weighted by Gasteiger charge is -2.13. The van der Waals surface area contributed by atoms with Gasteiger partial charge in [-0.25, -0.2) is 9.37 Å². The number of nitrogens with zero attached hydrogens (tertiary/aromatic N) is 2. The molecule has 1 heterocycles. The van der Waals surface area contributed by atoms with Crippen LogP contribution in [0.1, 0.15) is 18.7 Å². The number of aliphatic hydroxyl groups is 1. The second-order valence-electron chi connectivity index (χ2n) is 4.03. The summed E-state index contributed by atoms with van der Waals surface area (Å²) in [6, 6.07) is 4.06. The van der Waals surface area contributed by atoms with Crippen LogP contribution in [0.25, 0.3) is 5.69 Å². The van der Waals surface area contributed by atoms with Gasteiger partial charge in [0.1, 0.15) is 0 Å². The van der Waals surface area contributed by atoms with Gasteiger partial charge in [0.05, 0.1) is 43.2 Å². The van der Waals surface area contributed by atoms with Gasteiger partial charge < -0.3 is 20.1 Å². The standard InChI is InChI=1S/C13H16FN3O2/c1-2-19-13-4-3-9(5-10(13)14)17-8-16-6-12(17)11(15)7-18/h3-6,8,11,18H,2,7,15H2,1H3. The van der Waals surface area contributed by atoms with Gasteiger partial charge in [0, 0.05) is 6.07 Å². The molecule has 0 saturated carbocycles. The fraction of sp³-hybridized carbons (Fsp3) is 0.308. The van der Waals surface area contributed by atoms with Crippen molar-refractivity contribution in [3.05, 3.63) is 42.2 Å². The molecule has 102 valence electrons. The number of imidazole rings is 1. The molecule has 0 saturated heterocycles. The van der Waals surface area contributed by atoms with Gasteiger partial charge in [-0.1, -0.05) is 0 Å². The van der Waals surface area contributed by atoms with Crippen molar-refractivity contribution < 1.29 is 14.2 Å². The molecule has 0 aliphatic rings. The Labute approximate surface area is 110 Å². The Kier molecular flexibility index (Phi) is 4.13. The van der Waals surface area contributed by atoms with Gasteiger partial charge in [-0.3, -0.25) is 0 Å². The number of benzene rings is 1. The molecule has 5 nitrogen and oxygen atoms in total. The topological polar surface area (TPSA) is 73.3 Å². The lowest BCUT2D eigenvalue weighted by atomic mass is 10.2. The predicted molar refractivity (Wildman–Crippen MR) is 68.7 cm³/mol. The van der Waals surface area contributed by atoms with Gasteiger partial charge >= 0.3 is 0 Å². The van der Waals surface area contributed by atoms with E-state index in [4.69, 9.17) is 15.6 Å². The minimum atomic E-state index is -0.558. The molecule has 19 heavy (non-hydrogen) atoms. The average molecular weight is 265 g/mol. The van der Waals surface area contributed by atoms with Crippen LogP contribution in [0.4, 0.5) is 4.39 Å². The number of ether oxygens (including phenoxy) is 1. The van der Waals surface area contributed by atoms with Crippen molar-refractivity contribution in [1.82, 2.24) is 9.55 Å². The summed E-state index contributed by atoms with van der Waals surface area (Å²) in [5.41, 5.74) is 6.96. The van der Waals surface area contributed by atoms with E-state index in [1.54, 1.807) is 29.8 Å². The summed E-state index contributed by atoms with van der Waals surface area (Å²) in [6.45, 7) is 1.99. The fourth-order valence-corrected chi connectivity index (χ4v) is 1.80. The van der Waals surface area contributed by atoms with Crippen LogP contribution in [0, 0.1) is 5.82 Å². The number of aromatic nitrogens is 2. The minimum Gasteiger partial charge on any atom is -0.491 e. The summed E-state index contributed by atoms with van der Waals surface area (Å²) in [4.78, 5) is 3.97. The summed E-state index contributed by atoms with van der Waals surface area (Å²) >= 11 is 0. The van der Waals surface area contributed by atoms with E-state index < -0.39 is 11.9 Å². The largest absolute Gasteiger partial charge is 0.491 e. The maximum Gasteiger partial charge on any atom is 0.167 e. The maximum absolute atomic E-state index is 13.8. The van der Waals surface area contributed by atoms with Gasteiger partial charge in [-0.15, -0.1) is 0 Å². The highest BCUT2D eigenvalue weighted by molar-refractivity contribution is 5.40. The Morgan fingerprint density at radius 3 is 2.95 bits per heavy atom. The minimum absolute atomic E-state index is 0.203. The highest BCUT2D eigenvalue weighted by Crippen LogP contribution is 2.22. The summed E-state index contributed by atoms with van der Waals surface area (Å²) in [7, 11) is 0. The Hall–Kier alpha value is -1.92. The van der Waals surface area contributed by atoms with E-state index in [0.29, 0.717) is 18.0 Å². The first-order valence-electron chi connectivity index (χ1n) is 5.98. The highest BCUT2D eigenvalue weighted by Gasteiger charge is 2.13. The summed E-state index contributed by atoms with van der Waals surface area (Å²) in [5.74, 6) is -0.240. The van der Waals surface area contributed by atoms with E-state index in [1.807, 2.05) is 0 Å². The zero-order chi connectivity index (χ0) is 13.8. The Morgan fingerprint density at radius 1 is 1.53 bits per heavy atom. The van der Waals surface area contributed by atoms with Crippen molar-refractivity contribution in [3.63, 3.8) is 0 Å². The zero-order valence-electron chi connectivity index (χ0n) is 10.6. The van der Waals surface area contributed by atoms with Gasteiger partial charge in [0.15, 0.2) is 11.6 Å².